The molecule has 0 amide bonds. The summed E-state index contributed by atoms with van der Waals surface area (Å²) in [5.74, 6) is 0. The fraction of sp³-hybridized carbons (Fsp3) is 0. The van der Waals surface area contributed by atoms with E-state index in [1.165, 1.54) is 0 Å². The maximum atomic E-state index is 9.62. The largest absolute Gasteiger partial charge is 0.411 e. The fourth-order valence-electron chi connectivity index (χ4n) is 0. The molecule has 1 atom stereocenters. The Morgan fingerprint density at radius 3 is 2.17 bits per heavy atom. The zero-order valence-corrected chi connectivity index (χ0v) is 4.52. The molecule has 0 bridgehead atoms. The minimum absolute atomic E-state index is 2.96. The van der Waals surface area contributed by atoms with Gasteiger partial charge in [0.25, 0.3) is 0 Å². The minimum atomic E-state index is -3.78. The van der Waals surface area contributed by atoms with Crippen LogP contribution in [-0.2, 0) is 8.54 Å². The van der Waals surface area contributed by atoms with E-state index in [1.54, 1.807) is 0 Å². The number of rotatable bonds is 1. The summed E-state index contributed by atoms with van der Waals surface area (Å²) in [5.41, 5.74) is 4.35. The molecule has 3 N–H and O–H groups in total. The van der Waals surface area contributed by atoms with Crippen LogP contribution in [0.15, 0.2) is 0 Å². The molecular weight excluding hydrogens is 125 g/mol. The zero-order valence-electron chi connectivity index (χ0n) is 2.74. The number of hydrogen-bond acceptors (Lipinski definition) is 3. The summed E-state index contributed by atoms with van der Waals surface area (Å²) in [6.07, 6.45) is 0. The van der Waals surface area contributed by atoms with Crippen molar-refractivity contribution in [2.75, 3.05) is 0 Å². The first kappa shape index (κ1) is 6.46. The normalized spacial score (nSPS) is 19.8. The molecule has 6 heteroatoms. The second-order valence-electron chi connectivity index (χ2n) is 0.646. The second-order valence-corrected chi connectivity index (χ2v) is 2.43. The van der Waals surface area contributed by atoms with Crippen LogP contribution < -0.4 is 5.50 Å². The van der Waals surface area contributed by atoms with Crippen molar-refractivity contribution in [3.8, 4) is 0 Å². The Labute approximate surface area is 40.5 Å². The molecule has 0 aliphatic rings. The Hall–Kier alpha value is 0.460. The summed E-state index contributed by atoms with van der Waals surface area (Å²) >= 11 is 2.96. The van der Waals surface area contributed by atoms with E-state index in [4.69, 9.17) is 4.89 Å². The van der Waals surface area contributed by atoms with Crippen LogP contribution >= 0.6 is 20.7 Å². The second kappa shape index (κ2) is 1.95. The van der Waals surface area contributed by atoms with Gasteiger partial charge in [-0.1, -0.05) is 0 Å². The van der Waals surface area contributed by atoms with Crippen molar-refractivity contribution >= 4 is 20.7 Å². The summed E-state index contributed by atoms with van der Waals surface area (Å²) in [6.45, 7) is 0. The molecule has 0 aromatic rings. The number of hydrogen-bond donors (Lipinski definition) is 3. The van der Waals surface area contributed by atoms with Gasteiger partial charge in [-0.25, -0.2) is 14.0 Å². The smallest absolute Gasteiger partial charge is 0.312 e. The molecule has 0 radical (unpaired) electrons. The molecule has 0 fully saturated rings. The number of thiol groups is 1. The summed E-state index contributed by atoms with van der Waals surface area (Å²) in [6, 6.07) is 0. The van der Waals surface area contributed by atoms with Gasteiger partial charge >= 0.3 is 7.75 Å². The predicted octanol–water partition coefficient (Wildman–Crippen LogP) is -0.0931. The van der Waals surface area contributed by atoms with Gasteiger partial charge in [0.2, 0.25) is 0 Å². The topological polar surface area (TPSA) is 72.6 Å². The van der Waals surface area contributed by atoms with Crippen molar-refractivity contribution in [1.29, 1.82) is 0 Å². The lowest BCUT2D eigenvalue weighted by atomic mass is 13.9. The monoisotopic (exact) mass is 129 g/mol. The Morgan fingerprint density at radius 2 is 2.17 bits per heavy atom. The third-order valence-corrected chi connectivity index (χ3v) is 1.05. The van der Waals surface area contributed by atoms with Crippen LogP contribution in [0, 0.1) is 0 Å². The van der Waals surface area contributed by atoms with Gasteiger partial charge in [-0.05, 0) is 12.9 Å². The molecule has 0 aliphatic carbocycles. The van der Waals surface area contributed by atoms with E-state index >= 15 is 0 Å². The zero-order chi connectivity index (χ0) is 5.21. The van der Waals surface area contributed by atoms with E-state index in [0.29, 0.717) is 0 Å². The predicted molar refractivity (Wildman–Crippen MR) is 24.1 cm³/mol. The molecule has 0 aliphatic heterocycles. The maximum absolute atomic E-state index is 9.62. The third kappa shape index (κ3) is 4.46. The van der Waals surface area contributed by atoms with Gasteiger partial charge in [-0.15, -0.1) is 0 Å². The van der Waals surface area contributed by atoms with Crippen LogP contribution in [0.25, 0.3) is 0 Å². The average Bonchev–Trinajstić information content (AvgIpc) is 1.35. The van der Waals surface area contributed by atoms with E-state index in [-0.39, 0.29) is 0 Å². The van der Waals surface area contributed by atoms with Gasteiger partial charge in [-0.3, -0.25) is 0 Å². The van der Waals surface area contributed by atoms with Crippen molar-refractivity contribution in [2.24, 2.45) is 5.50 Å². The van der Waals surface area contributed by atoms with Crippen molar-refractivity contribution in [3.63, 3.8) is 0 Å². The molecule has 6 heavy (non-hydrogen) atoms. The van der Waals surface area contributed by atoms with Gasteiger partial charge in [0, 0.05) is 0 Å². The average molecular weight is 129 g/mol. The lowest BCUT2D eigenvalue weighted by Gasteiger charge is -1.93. The van der Waals surface area contributed by atoms with Crippen LogP contribution in [-0.4, -0.2) is 4.89 Å². The van der Waals surface area contributed by atoms with E-state index in [9.17, 15) is 4.57 Å². The van der Waals surface area contributed by atoms with Crippen molar-refractivity contribution in [2.45, 2.75) is 0 Å². The molecule has 1 unspecified atom stereocenters. The maximum Gasteiger partial charge on any atom is 0.411 e. The quantitative estimate of drug-likeness (QED) is 0.263. The third-order valence-electron chi connectivity index (χ3n) is 0.117. The van der Waals surface area contributed by atoms with Crippen LogP contribution in [0.2, 0.25) is 0 Å². The van der Waals surface area contributed by atoms with Gasteiger partial charge in [0.15, 0.2) is 0 Å². The van der Waals surface area contributed by atoms with Crippen molar-refractivity contribution < 1.29 is 13.4 Å². The molecule has 0 aromatic carbocycles. The first-order valence-electron chi connectivity index (χ1n) is 1.01. The highest BCUT2D eigenvalue weighted by atomic mass is 32.1. The molecule has 0 spiro atoms. The van der Waals surface area contributed by atoms with E-state index in [2.05, 4.69) is 22.4 Å². The van der Waals surface area contributed by atoms with Gasteiger partial charge in [-0.2, -0.15) is 0 Å². The van der Waals surface area contributed by atoms with E-state index in [1.807, 2.05) is 0 Å². The molecular formula is H4NO3PS. The molecule has 0 rings (SSSR count). The molecule has 4 nitrogen and oxygen atoms in total. The molecule has 0 heterocycles. The Balaban J connectivity index is 3.48. The lowest BCUT2D eigenvalue weighted by molar-refractivity contribution is 0.405. The summed E-state index contributed by atoms with van der Waals surface area (Å²) in [5, 5.41) is 0. The van der Waals surface area contributed by atoms with Crippen molar-refractivity contribution in [3.05, 3.63) is 0 Å². The Morgan fingerprint density at radius 1 is 2.00 bits per heavy atom. The minimum Gasteiger partial charge on any atom is -0.312 e. The fourth-order valence-corrected chi connectivity index (χ4v) is 0. The standard InChI is InChI=1S/H4NO3PS/c1-5(2,3)4-6/h6H,(H3,1,2,3). The van der Waals surface area contributed by atoms with E-state index < -0.39 is 7.75 Å². The van der Waals surface area contributed by atoms with Crippen LogP contribution in [0.1, 0.15) is 0 Å². The highest BCUT2D eigenvalue weighted by Gasteiger charge is 2.05. The molecule has 38 valence electrons. The SMILES string of the molecule is NP(=O)(O)OS. The Kier molecular flexibility index (Phi) is 2.10. The lowest BCUT2D eigenvalue weighted by Crippen LogP contribution is -1.89. The van der Waals surface area contributed by atoms with Crippen LogP contribution in [0.3, 0.4) is 0 Å². The molecule has 0 saturated heterocycles. The first-order valence-corrected chi connectivity index (χ1v) is 3.02. The summed E-state index contributed by atoms with van der Waals surface area (Å²) in [7, 11) is -3.78. The molecule has 0 aromatic heterocycles. The van der Waals surface area contributed by atoms with Gasteiger partial charge in [0.05, 0.1) is 0 Å². The molecule has 0 saturated carbocycles. The highest BCUT2D eigenvalue weighted by molar-refractivity contribution is 7.81. The Bertz CT molecular complexity index is 74.9. The van der Waals surface area contributed by atoms with E-state index in [0.717, 1.165) is 0 Å². The van der Waals surface area contributed by atoms with Crippen LogP contribution in [0.5, 0.6) is 0 Å². The van der Waals surface area contributed by atoms with Gasteiger partial charge < -0.3 is 4.89 Å². The number of nitrogens with two attached hydrogens (primary N) is 1. The van der Waals surface area contributed by atoms with Crippen molar-refractivity contribution in [1.82, 2.24) is 0 Å². The summed E-state index contributed by atoms with van der Waals surface area (Å²) in [4.78, 5) is 7.86. The first-order chi connectivity index (χ1) is 2.56. The highest BCUT2D eigenvalue weighted by Crippen LogP contribution is 2.31. The van der Waals surface area contributed by atoms with Gasteiger partial charge in [0.1, 0.15) is 0 Å². The summed E-state index contributed by atoms with van der Waals surface area (Å²) < 4.78 is 13.1. The van der Waals surface area contributed by atoms with Crippen LogP contribution in [0.4, 0.5) is 0 Å².